The molecule has 0 amide bonds. The fourth-order valence-electron chi connectivity index (χ4n) is 4.03. The van der Waals surface area contributed by atoms with Gasteiger partial charge in [0.1, 0.15) is 0 Å². The summed E-state index contributed by atoms with van der Waals surface area (Å²) in [6, 6.07) is 21.7. The van der Waals surface area contributed by atoms with E-state index in [0.29, 0.717) is 0 Å². The summed E-state index contributed by atoms with van der Waals surface area (Å²) in [5.74, 6) is -0.264. The predicted octanol–water partition coefficient (Wildman–Crippen LogP) is 7.79. The van der Waals surface area contributed by atoms with E-state index in [1.165, 1.54) is 40.7 Å². The van der Waals surface area contributed by atoms with Crippen LogP contribution in [0.15, 0.2) is 42.5 Å². The first kappa shape index (κ1) is 27.5. The van der Waals surface area contributed by atoms with Gasteiger partial charge < -0.3 is 0 Å². The molecule has 0 saturated carbocycles. The van der Waals surface area contributed by atoms with Gasteiger partial charge in [-0.1, -0.05) is 77.9 Å². The monoisotopic (exact) mass is 614 g/mol. The SMILES string of the molecule is CC#N.Cc1ccc2ccc(-c3[c-]cc(F)cc3)[c-]c2c1P(C(C)(C)C)C(C)(C)C.[Pt+2]. The number of rotatable bonds is 2. The van der Waals surface area contributed by atoms with Crippen LogP contribution < -0.4 is 5.30 Å². The molecule has 3 aromatic carbocycles. The van der Waals surface area contributed by atoms with Crippen LogP contribution in [0.25, 0.3) is 21.9 Å². The van der Waals surface area contributed by atoms with Crippen molar-refractivity contribution in [3.05, 3.63) is 66.0 Å². The molecule has 0 N–H and O–H groups in total. The molecule has 0 saturated heterocycles. The third-order valence-electron chi connectivity index (χ3n) is 4.73. The average Bonchev–Trinajstić information content (AvgIpc) is 2.63. The van der Waals surface area contributed by atoms with Gasteiger partial charge in [-0.3, -0.25) is 4.39 Å². The Balaban J connectivity index is 0.00000113. The van der Waals surface area contributed by atoms with Gasteiger partial charge in [0, 0.05) is 12.7 Å². The maximum Gasteiger partial charge on any atom is 2.00 e. The van der Waals surface area contributed by atoms with Crippen LogP contribution in [0.2, 0.25) is 0 Å². The average molecular weight is 615 g/mol. The van der Waals surface area contributed by atoms with Crippen molar-refractivity contribution in [2.45, 2.75) is 65.7 Å². The van der Waals surface area contributed by atoms with Gasteiger partial charge in [-0.15, -0.1) is 23.6 Å². The molecule has 0 aliphatic rings. The number of hydrogen-bond donors (Lipinski definition) is 0. The summed E-state index contributed by atoms with van der Waals surface area (Å²) in [7, 11) is -0.446. The standard InChI is InChI=1S/C25H28FP.C2H3N.Pt/c1-17-8-9-19-10-11-20(18-12-14-21(26)15-13-18)16-22(19)23(17)27(24(2,3)4)25(5,6)7;1-2-3;/h8-12,14-15H,1-7H3;1H3;/q-2;;+2. The Morgan fingerprint density at radius 3 is 1.90 bits per heavy atom. The molecule has 0 fully saturated rings. The molecule has 166 valence electrons. The van der Waals surface area contributed by atoms with Gasteiger partial charge in [0.15, 0.2) is 0 Å². The largest absolute Gasteiger partial charge is 2.00 e. The first-order valence-corrected chi connectivity index (χ1v) is 11.5. The summed E-state index contributed by atoms with van der Waals surface area (Å²) in [5, 5.41) is 11.5. The van der Waals surface area contributed by atoms with Gasteiger partial charge in [0.05, 0.1) is 6.07 Å². The zero-order chi connectivity index (χ0) is 22.7. The summed E-state index contributed by atoms with van der Waals surface area (Å²) in [4.78, 5) is 0. The normalized spacial score (nSPS) is 11.4. The van der Waals surface area contributed by atoms with Crippen LogP contribution in [0.4, 0.5) is 4.39 Å². The second-order valence-corrected chi connectivity index (χ2v) is 13.2. The molecular weight excluding hydrogens is 583 g/mol. The van der Waals surface area contributed by atoms with E-state index in [4.69, 9.17) is 5.26 Å². The molecule has 0 aromatic heterocycles. The molecule has 0 aliphatic carbocycles. The Hall–Kier alpha value is -1.54. The molecule has 0 heterocycles. The zero-order valence-electron chi connectivity index (χ0n) is 19.6. The van der Waals surface area contributed by atoms with E-state index in [9.17, 15) is 4.39 Å². The van der Waals surface area contributed by atoms with Crippen molar-refractivity contribution in [1.29, 1.82) is 5.26 Å². The van der Waals surface area contributed by atoms with Crippen molar-refractivity contribution in [1.82, 2.24) is 0 Å². The van der Waals surface area contributed by atoms with E-state index >= 15 is 0 Å². The molecule has 1 nitrogen and oxygen atoms in total. The van der Waals surface area contributed by atoms with Gasteiger partial charge in [0.2, 0.25) is 0 Å². The Morgan fingerprint density at radius 2 is 1.42 bits per heavy atom. The Labute approximate surface area is 203 Å². The fourth-order valence-corrected chi connectivity index (χ4v) is 8.22. The first-order chi connectivity index (χ1) is 13.9. The van der Waals surface area contributed by atoms with Crippen LogP contribution in [0.5, 0.6) is 0 Å². The van der Waals surface area contributed by atoms with Crippen molar-refractivity contribution in [3.8, 4) is 17.2 Å². The number of fused-ring (bicyclic) bond motifs is 1. The number of nitriles is 1. The van der Waals surface area contributed by atoms with Crippen molar-refractivity contribution < 1.29 is 25.5 Å². The fraction of sp³-hybridized carbons (Fsp3) is 0.370. The van der Waals surface area contributed by atoms with Gasteiger partial charge in [-0.25, -0.2) is 5.56 Å². The molecule has 0 unspecified atom stereocenters. The third kappa shape index (κ3) is 6.72. The van der Waals surface area contributed by atoms with Crippen LogP contribution in [0, 0.1) is 36.2 Å². The Kier molecular flexibility index (Phi) is 9.63. The zero-order valence-corrected chi connectivity index (χ0v) is 22.8. The number of hydrogen-bond acceptors (Lipinski definition) is 1. The molecule has 31 heavy (non-hydrogen) atoms. The molecule has 3 aromatic rings. The second-order valence-electron chi connectivity index (χ2n) is 9.39. The van der Waals surface area contributed by atoms with Crippen LogP contribution in [-0.4, -0.2) is 10.3 Å². The van der Waals surface area contributed by atoms with E-state index in [1.54, 1.807) is 12.1 Å². The molecule has 0 radical (unpaired) electrons. The Morgan fingerprint density at radius 1 is 0.903 bits per heavy atom. The van der Waals surface area contributed by atoms with E-state index in [-0.39, 0.29) is 37.2 Å². The van der Waals surface area contributed by atoms with Crippen LogP contribution in [-0.2, 0) is 21.1 Å². The smallest absolute Gasteiger partial charge is 0.265 e. The van der Waals surface area contributed by atoms with Gasteiger partial charge >= 0.3 is 21.1 Å². The molecule has 3 rings (SSSR count). The number of aryl methyl sites for hydroxylation is 1. The molecule has 0 bridgehead atoms. The maximum absolute atomic E-state index is 13.3. The molecule has 0 spiro atoms. The van der Waals surface area contributed by atoms with Gasteiger partial charge in [0.25, 0.3) is 0 Å². The molecule has 4 heteroatoms. The van der Waals surface area contributed by atoms with Crippen LogP contribution >= 0.6 is 7.92 Å². The minimum atomic E-state index is -0.446. The summed E-state index contributed by atoms with van der Waals surface area (Å²) in [5.41, 5.74) is 3.17. The molecular formula is C27H31FNPPt. The summed E-state index contributed by atoms with van der Waals surface area (Å²) in [6.45, 7) is 17.7. The van der Waals surface area contributed by atoms with Crippen molar-refractivity contribution in [3.63, 3.8) is 0 Å². The third-order valence-corrected chi connectivity index (χ3v) is 8.44. The van der Waals surface area contributed by atoms with Crippen molar-refractivity contribution >= 4 is 24.0 Å². The van der Waals surface area contributed by atoms with Gasteiger partial charge in [-0.05, 0) is 17.2 Å². The Bertz CT molecular complexity index is 1040. The van der Waals surface area contributed by atoms with Crippen LogP contribution in [0.3, 0.4) is 0 Å². The quantitative estimate of drug-likeness (QED) is 0.214. The molecule has 0 atom stereocenters. The second kappa shape index (κ2) is 10.9. The predicted molar refractivity (Wildman–Crippen MR) is 129 cm³/mol. The number of benzene rings is 3. The van der Waals surface area contributed by atoms with E-state index < -0.39 is 7.92 Å². The van der Waals surface area contributed by atoms with Gasteiger partial charge in [-0.2, -0.15) is 35.1 Å². The van der Waals surface area contributed by atoms with Crippen LogP contribution in [0.1, 0.15) is 54.0 Å². The van der Waals surface area contributed by atoms with E-state index in [0.717, 1.165) is 11.1 Å². The number of nitrogens with zero attached hydrogens (tertiary/aromatic N) is 1. The summed E-state index contributed by atoms with van der Waals surface area (Å²) >= 11 is 0. The maximum atomic E-state index is 13.3. The van der Waals surface area contributed by atoms with E-state index in [1.807, 2.05) is 0 Å². The van der Waals surface area contributed by atoms with Crippen molar-refractivity contribution in [2.24, 2.45) is 0 Å². The minimum Gasteiger partial charge on any atom is -0.265 e. The van der Waals surface area contributed by atoms with Crippen molar-refractivity contribution in [2.75, 3.05) is 0 Å². The molecule has 0 aliphatic heterocycles. The first-order valence-electron chi connectivity index (χ1n) is 10.1. The topological polar surface area (TPSA) is 23.8 Å². The number of halogens is 1. The summed E-state index contributed by atoms with van der Waals surface area (Å²) < 4.78 is 13.3. The summed E-state index contributed by atoms with van der Waals surface area (Å²) in [6.07, 6.45) is 0. The van der Waals surface area contributed by atoms with E-state index in [2.05, 4.69) is 84.9 Å². The minimum absolute atomic E-state index is 0.